The van der Waals surface area contributed by atoms with E-state index in [2.05, 4.69) is 15.3 Å². The van der Waals surface area contributed by atoms with Crippen molar-refractivity contribution in [2.45, 2.75) is 18.9 Å². The van der Waals surface area contributed by atoms with Crippen LogP contribution < -0.4 is 10.9 Å². The molecule has 1 amide bonds. The van der Waals surface area contributed by atoms with Crippen LogP contribution in [0.4, 0.5) is 5.69 Å². The molecule has 2 aromatic carbocycles. The number of carbonyl (C=O) groups excluding carboxylic acids is 1. The number of rotatable bonds is 5. The van der Waals surface area contributed by atoms with Gasteiger partial charge in [0.1, 0.15) is 11.3 Å². The van der Waals surface area contributed by atoms with Crippen molar-refractivity contribution in [2.75, 3.05) is 13.2 Å². The normalized spacial score (nSPS) is 16.5. The fourth-order valence-electron chi connectivity index (χ4n) is 3.31. The molecule has 1 aliphatic rings. The zero-order chi connectivity index (χ0) is 20.2. The molecular weight excluding hydrogens is 370 g/mol. The Morgan fingerprint density at radius 3 is 2.79 bits per heavy atom. The highest BCUT2D eigenvalue weighted by atomic mass is 16.5. The number of hydrogen-bond acceptors (Lipinski definition) is 5. The van der Waals surface area contributed by atoms with E-state index in [1.165, 1.54) is 6.21 Å². The number of hydrogen-bond donors (Lipinski definition) is 3. The standard InChI is InChI=1S/C22H21N3O4/c26-20-17-5-1-2-6-19(17)25-22(28)18(20)13-23-15-9-7-14(8-10-15)21(27)24-12-16-4-3-11-29-16/h1-2,5-10,13,16H,3-4,11-12H2,(H,24,27)(H2,25,26,28)/t16-/m0/s1. The average Bonchev–Trinajstić information content (AvgIpc) is 3.26. The number of amides is 1. The Balaban J connectivity index is 1.47. The van der Waals surface area contributed by atoms with Crippen LogP contribution in [0.2, 0.25) is 0 Å². The molecule has 2 heterocycles. The first-order valence-electron chi connectivity index (χ1n) is 9.50. The molecule has 3 N–H and O–H groups in total. The summed E-state index contributed by atoms with van der Waals surface area (Å²) in [6.07, 6.45) is 3.42. The molecule has 0 spiro atoms. The minimum atomic E-state index is -0.421. The molecule has 1 saturated heterocycles. The summed E-state index contributed by atoms with van der Waals surface area (Å²) in [6.45, 7) is 1.26. The SMILES string of the molecule is O=C(NC[C@@H]1CCCO1)c1ccc(N=Cc2c(O)c3ccccc3[nH]c2=O)cc1. The number of carbonyl (C=O) groups is 1. The fourth-order valence-corrected chi connectivity index (χ4v) is 3.31. The van der Waals surface area contributed by atoms with Crippen molar-refractivity contribution in [3.05, 3.63) is 70.0 Å². The van der Waals surface area contributed by atoms with Gasteiger partial charge < -0.3 is 20.1 Å². The number of pyridine rings is 1. The van der Waals surface area contributed by atoms with E-state index in [4.69, 9.17) is 4.74 Å². The van der Waals surface area contributed by atoms with Gasteiger partial charge in [-0.15, -0.1) is 0 Å². The van der Waals surface area contributed by atoms with Gasteiger partial charge in [0.2, 0.25) is 0 Å². The van der Waals surface area contributed by atoms with Gasteiger partial charge >= 0.3 is 0 Å². The van der Waals surface area contributed by atoms with E-state index in [0.29, 0.717) is 28.7 Å². The van der Waals surface area contributed by atoms with Gasteiger partial charge in [-0.1, -0.05) is 12.1 Å². The third-order valence-corrected chi connectivity index (χ3v) is 4.92. The van der Waals surface area contributed by atoms with Gasteiger partial charge in [-0.05, 0) is 49.2 Å². The summed E-state index contributed by atoms with van der Waals surface area (Å²) in [5.41, 5.74) is 1.31. The summed E-state index contributed by atoms with van der Waals surface area (Å²) >= 11 is 0. The molecule has 29 heavy (non-hydrogen) atoms. The van der Waals surface area contributed by atoms with E-state index in [1.54, 1.807) is 48.5 Å². The first-order valence-corrected chi connectivity index (χ1v) is 9.50. The highest BCUT2D eigenvalue weighted by Gasteiger charge is 2.16. The fraction of sp³-hybridized carbons (Fsp3) is 0.227. The number of H-pyrrole nitrogens is 1. The molecule has 7 nitrogen and oxygen atoms in total. The van der Waals surface area contributed by atoms with Gasteiger partial charge in [-0.25, -0.2) is 0 Å². The van der Waals surface area contributed by atoms with Crippen LogP contribution >= 0.6 is 0 Å². The van der Waals surface area contributed by atoms with Crippen molar-refractivity contribution in [2.24, 2.45) is 4.99 Å². The summed E-state index contributed by atoms with van der Waals surface area (Å²) in [6, 6.07) is 13.7. The minimum Gasteiger partial charge on any atom is -0.506 e. The van der Waals surface area contributed by atoms with Gasteiger partial charge in [0, 0.05) is 30.3 Å². The Morgan fingerprint density at radius 2 is 2.03 bits per heavy atom. The van der Waals surface area contributed by atoms with E-state index in [9.17, 15) is 14.7 Å². The lowest BCUT2D eigenvalue weighted by molar-refractivity contribution is 0.0858. The maximum atomic E-state index is 12.2. The topological polar surface area (TPSA) is 104 Å². The monoisotopic (exact) mass is 391 g/mol. The summed E-state index contributed by atoms with van der Waals surface area (Å²) in [7, 11) is 0. The number of fused-ring (bicyclic) bond motifs is 1. The van der Waals surface area contributed by atoms with Crippen LogP contribution in [-0.2, 0) is 4.74 Å². The zero-order valence-electron chi connectivity index (χ0n) is 15.7. The lowest BCUT2D eigenvalue weighted by Crippen LogP contribution is -2.31. The summed E-state index contributed by atoms with van der Waals surface area (Å²) in [5.74, 6) is -0.280. The van der Waals surface area contributed by atoms with Crippen LogP contribution in [-0.4, -0.2) is 41.5 Å². The highest BCUT2D eigenvalue weighted by molar-refractivity contribution is 5.96. The van der Waals surface area contributed by atoms with Crippen molar-refractivity contribution < 1.29 is 14.6 Å². The van der Waals surface area contributed by atoms with Gasteiger partial charge in [0.15, 0.2) is 0 Å². The molecule has 0 aliphatic carbocycles. The van der Waals surface area contributed by atoms with Crippen LogP contribution in [0.25, 0.3) is 10.9 Å². The van der Waals surface area contributed by atoms with E-state index in [1.807, 2.05) is 0 Å². The first-order chi connectivity index (χ1) is 14.1. The van der Waals surface area contributed by atoms with Crippen LogP contribution in [0.5, 0.6) is 5.75 Å². The number of aliphatic imine (C=N–C) groups is 1. The number of nitrogens with zero attached hydrogens (tertiary/aromatic N) is 1. The van der Waals surface area contributed by atoms with Crippen molar-refractivity contribution in [1.29, 1.82) is 0 Å². The molecule has 4 rings (SSSR count). The van der Waals surface area contributed by atoms with Crippen molar-refractivity contribution in [3.63, 3.8) is 0 Å². The first kappa shape index (κ1) is 18.9. The van der Waals surface area contributed by atoms with Crippen LogP contribution in [0, 0.1) is 0 Å². The molecule has 148 valence electrons. The molecule has 0 saturated carbocycles. The smallest absolute Gasteiger partial charge is 0.261 e. The number of benzene rings is 2. The van der Waals surface area contributed by atoms with Gasteiger partial charge in [-0.3, -0.25) is 14.6 Å². The quantitative estimate of drug-likeness (QED) is 0.582. The third kappa shape index (κ3) is 4.20. The molecule has 1 aromatic heterocycles. The van der Waals surface area contributed by atoms with E-state index >= 15 is 0 Å². The molecule has 0 unspecified atom stereocenters. The second-order valence-corrected chi connectivity index (χ2v) is 6.91. The van der Waals surface area contributed by atoms with Gasteiger partial charge in [0.05, 0.1) is 17.3 Å². The largest absolute Gasteiger partial charge is 0.506 e. The predicted molar refractivity (Wildman–Crippen MR) is 111 cm³/mol. The van der Waals surface area contributed by atoms with Crippen LogP contribution in [0.1, 0.15) is 28.8 Å². The van der Waals surface area contributed by atoms with Crippen molar-refractivity contribution in [1.82, 2.24) is 10.3 Å². The number of aromatic hydroxyl groups is 1. The third-order valence-electron chi connectivity index (χ3n) is 4.92. The number of ether oxygens (including phenoxy) is 1. The predicted octanol–water partition coefficient (Wildman–Crippen LogP) is 2.89. The zero-order valence-corrected chi connectivity index (χ0v) is 15.7. The Labute approximate surface area is 167 Å². The molecule has 3 aromatic rings. The Bertz CT molecular complexity index is 1110. The maximum Gasteiger partial charge on any atom is 0.261 e. The Hall–Kier alpha value is -3.45. The lowest BCUT2D eigenvalue weighted by atomic mass is 10.1. The summed E-state index contributed by atoms with van der Waals surface area (Å²) in [4.78, 5) is 31.4. The average molecular weight is 391 g/mol. The van der Waals surface area contributed by atoms with E-state index in [-0.39, 0.29) is 23.3 Å². The number of para-hydroxylation sites is 1. The highest BCUT2D eigenvalue weighted by Crippen LogP contribution is 2.24. The van der Waals surface area contributed by atoms with Crippen molar-refractivity contribution >= 4 is 28.7 Å². The summed E-state index contributed by atoms with van der Waals surface area (Å²) in [5, 5.41) is 13.8. The Kier molecular flexibility index (Phi) is 5.39. The second-order valence-electron chi connectivity index (χ2n) is 6.91. The summed E-state index contributed by atoms with van der Waals surface area (Å²) < 4.78 is 5.50. The van der Waals surface area contributed by atoms with Gasteiger partial charge in [-0.2, -0.15) is 0 Å². The molecule has 1 aliphatic heterocycles. The molecule has 1 fully saturated rings. The second kappa shape index (κ2) is 8.28. The van der Waals surface area contributed by atoms with E-state index in [0.717, 1.165) is 19.4 Å². The molecule has 7 heteroatoms. The van der Waals surface area contributed by atoms with E-state index < -0.39 is 5.56 Å². The lowest BCUT2D eigenvalue weighted by Gasteiger charge is -2.10. The molecular formula is C22H21N3O4. The van der Waals surface area contributed by atoms with Crippen LogP contribution in [0.15, 0.2) is 58.3 Å². The molecule has 0 radical (unpaired) electrons. The Morgan fingerprint density at radius 1 is 1.24 bits per heavy atom. The van der Waals surface area contributed by atoms with Crippen LogP contribution in [0.3, 0.4) is 0 Å². The van der Waals surface area contributed by atoms with Crippen molar-refractivity contribution in [3.8, 4) is 5.75 Å². The van der Waals surface area contributed by atoms with Gasteiger partial charge in [0.25, 0.3) is 11.5 Å². The number of nitrogens with one attached hydrogen (secondary N) is 2. The number of aromatic nitrogens is 1. The molecule has 1 atom stereocenters. The maximum absolute atomic E-state index is 12.2. The number of aromatic amines is 1. The molecule has 0 bridgehead atoms. The minimum absolute atomic E-state index is 0.0853.